The molecule has 1 aliphatic heterocycles. The summed E-state index contributed by atoms with van der Waals surface area (Å²) >= 11 is 0. The smallest absolute Gasteiger partial charge is 0.323 e. The summed E-state index contributed by atoms with van der Waals surface area (Å²) in [5.41, 5.74) is 1.42. The monoisotopic (exact) mass is 382 g/mol. The molecule has 7 heteroatoms. The number of quaternary nitrogens is 1. The van der Waals surface area contributed by atoms with Crippen molar-refractivity contribution >= 4 is 11.9 Å². The molecule has 1 aliphatic carbocycles. The standard InChI is InChI=1S/C21H27N5O2/c1-24(14-17-13-22-26(15-17)18-9-5-4-6-10-18)16-25-19(27)21(23-20(25)28)11-7-2-3-8-12-21/h4-6,9-10,13,15H,2-3,7-8,11-12,14,16H2,1H3,(H,23,28)/p+1. The first-order valence-electron chi connectivity index (χ1n) is 10.1. The summed E-state index contributed by atoms with van der Waals surface area (Å²) in [5.74, 6) is -0.0428. The van der Waals surface area contributed by atoms with Gasteiger partial charge in [0, 0.05) is 11.8 Å². The lowest BCUT2D eigenvalue weighted by Gasteiger charge is -2.25. The van der Waals surface area contributed by atoms with E-state index in [1.165, 1.54) is 4.90 Å². The van der Waals surface area contributed by atoms with Gasteiger partial charge in [-0.25, -0.2) is 14.4 Å². The summed E-state index contributed by atoms with van der Waals surface area (Å²) in [6.07, 6.45) is 9.64. The van der Waals surface area contributed by atoms with E-state index >= 15 is 0 Å². The predicted octanol–water partition coefficient (Wildman–Crippen LogP) is 1.49. The molecule has 2 aliphatic rings. The average Bonchev–Trinajstić information content (AvgIpc) is 3.14. The number of nitrogens with one attached hydrogen (secondary N) is 2. The molecule has 1 spiro atoms. The fraction of sp³-hybridized carbons (Fsp3) is 0.476. The second kappa shape index (κ2) is 7.75. The molecular weight excluding hydrogens is 354 g/mol. The lowest BCUT2D eigenvalue weighted by atomic mass is 9.90. The van der Waals surface area contributed by atoms with Crippen molar-refractivity contribution in [2.75, 3.05) is 13.7 Å². The lowest BCUT2D eigenvalue weighted by Crippen LogP contribution is -3.09. The molecule has 1 unspecified atom stereocenters. The van der Waals surface area contributed by atoms with Crippen molar-refractivity contribution in [3.05, 3.63) is 48.3 Å². The predicted molar refractivity (Wildman–Crippen MR) is 105 cm³/mol. The van der Waals surface area contributed by atoms with Crippen LogP contribution in [0.15, 0.2) is 42.7 Å². The van der Waals surface area contributed by atoms with Gasteiger partial charge >= 0.3 is 6.03 Å². The van der Waals surface area contributed by atoms with Gasteiger partial charge in [0.1, 0.15) is 12.1 Å². The second-order valence-electron chi connectivity index (χ2n) is 8.08. The zero-order valence-electron chi connectivity index (χ0n) is 16.4. The number of para-hydroxylation sites is 1. The van der Waals surface area contributed by atoms with Crippen LogP contribution in [0.3, 0.4) is 0 Å². The molecule has 148 valence electrons. The number of carbonyl (C=O) groups is 2. The summed E-state index contributed by atoms with van der Waals surface area (Å²) in [7, 11) is 2.00. The Balaban J connectivity index is 1.40. The third-order valence-electron chi connectivity index (χ3n) is 5.79. The average molecular weight is 382 g/mol. The normalized spacial score (nSPS) is 20.2. The van der Waals surface area contributed by atoms with Crippen molar-refractivity contribution in [2.24, 2.45) is 0 Å². The maximum Gasteiger partial charge on any atom is 0.329 e. The summed E-state index contributed by atoms with van der Waals surface area (Å²) in [5, 5.41) is 7.44. The van der Waals surface area contributed by atoms with Crippen LogP contribution in [-0.2, 0) is 11.3 Å². The Bertz CT molecular complexity index is 839. The van der Waals surface area contributed by atoms with E-state index in [2.05, 4.69) is 10.4 Å². The van der Waals surface area contributed by atoms with E-state index in [9.17, 15) is 9.59 Å². The second-order valence-corrected chi connectivity index (χ2v) is 8.08. The first-order chi connectivity index (χ1) is 13.6. The molecule has 1 saturated heterocycles. The van der Waals surface area contributed by atoms with Crippen LogP contribution in [-0.4, -0.2) is 45.9 Å². The summed E-state index contributed by atoms with van der Waals surface area (Å²) in [6, 6.07) is 9.71. The van der Waals surface area contributed by atoms with Crippen LogP contribution in [0.4, 0.5) is 4.79 Å². The first-order valence-corrected chi connectivity index (χ1v) is 10.1. The van der Waals surface area contributed by atoms with Gasteiger partial charge in [-0.05, 0) is 25.0 Å². The lowest BCUT2D eigenvalue weighted by molar-refractivity contribution is -0.901. The van der Waals surface area contributed by atoms with Crippen molar-refractivity contribution in [3.8, 4) is 5.69 Å². The van der Waals surface area contributed by atoms with Gasteiger partial charge in [0.15, 0.2) is 6.67 Å². The third kappa shape index (κ3) is 3.67. The van der Waals surface area contributed by atoms with Crippen molar-refractivity contribution in [3.63, 3.8) is 0 Å². The number of aromatic nitrogens is 2. The molecule has 0 bridgehead atoms. The van der Waals surface area contributed by atoms with Crippen LogP contribution in [0.1, 0.15) is 44.1 Å². The highest BCUT2D eigenvalue weighted by molar-refractivity contribution is 6.06. The van der Waals surface area contributed by atoms with Gasteiger partial charge in [0.25, 0.3) is 5.91 Å². The SMILES string of the molecule is C[NH+](Cc1cnn(-c2ccccc2)c1)CN1C(=O)NC2(CCCCCC2)C1=O. The van der Waals surface area contributed by atoms with E-state index < -0.39 is 5.54 Å². The molecule has 2 fully saturated rings. The van der Waals surface area contributed by atoms with Crippen molar-refractivity contribution in [1.29, 1.82) is 0 Å². The molecule has 3 amide bonds. The Hall–Kier alpha value is -2.67. The molecule has 1 aromatic carbocycles. The molecule has 2 aromatic rings. The molecule has 2 N–H and O–H groups in total. The summed E-state index contributed by atoms with van der Waals surface area (Å²) < 4.78 is 1.84. The Morgan fingerprint density at radius 3 is 2.54 bits per heavy atom. The van der Waals surface area contributed by atoms with E-state index in [4.69, 9.17) is 0 Å². The van der Waals surface area contributed by atoms with Gasteiger partial charge in [0.2, 0.25) is 0 Å². The Morgan fingerprint density at radius 2 is 1.82 bits per heavy atom. The van der Waals surface area contributed by atoms with E-state index in [0.717, 1.165) is 54.7 Å². The third-order valence-corrected chi connectivity index (χ3v) is 5.79. The van der Waals surface area contributed by atoms with Gasteiger partial charge < -0.3 is 10.2 Å². The van der Waals surface area contributed by atoms with E-state index in [0.29, 0.717) is 13.2 Å². The minimum Gasteiger partial charge on any atom is -0.323 e. The van der Waals surface area contributed by atoms with Crippen molar-refractivity contribution in [1.82, 2.24) is 20.0 Å². The van der Waals surface area contributed by atoms with Crippen LogP contribution in [0.2, 0.25) is 0 Å². The fourth-order valence-electron chi connectivity index (χ4n) is 4.34. The number of carbonyl (C=O) groups excluding carboxylic acids is 2. The van der Waals surface area contributed by atoms with Crippen molar-refractivity contribution in [2.45, 2.75) is 50.6 Å². The quantitative estimate of drug-likeness (QED) is 0.770. The molecule has 4 rings (SSSR count). The van der Waals surface area contributed by atoms with Crippen LogP contribution in [0.25, 0.3) is 5.69 Å². The van der Waals surface area contributed by atoms with Gasteiger partial charge in [0.05, 0.1) is 18.9 Å². The van der Waals surface area contributed by atoms with E-state index in [-0.39, 0.29) is 11.9 Å². The number of rotatable bonds is 5. The van der Waals surface area contributed by atoms with Crippen LogP contribution in [0, 0.1) is 0 Å². The molecule has 1 saturated carbocycles. The largest absolute Gasteiger partial charge is 0.329 e. The molecule has 28 heavy (non-hydrogen) atoms. The van der Waals surface area contributed by atoms with Gasteiger partial charge in [-0.15, -0.1) is 0 Å². The zero-order chi connectivity index (χ0) is 19.6. The number of imide groups is 1. The fourth-order valence-corrected chi connectivity index (χ4v) is 4.34. The maximum atomic E-state index is 13.0. The minimum absolute atomic E-state index is 0.0428. The number of hydrogen-bond acceptors (Lipinski definition) is 3. The Kier molecular flexibility index (Phi) is 5.17. The Labute approximate surface area is 165 Å². The number of nitrogens with zero attached hydrogens (tertiary/aromatic N) is 3. The summed E-state index contributed by atoms with van der Waals surface area (Å²) in [6.45, 7) is 1.06. The highest BCUT2D eigenvalue weighted by Gasteiger charge is 2.51. The minimum atomic E-state index is -0.661. The van der Waals surface area contributed by atoms with Crippen LogP contribution >= 0.6 is 0 Å². The molecule has 0 radical (unpaired) electrons. The van der Waals surface area contributed by atoms with Crippen LogP contribution in [0.5, 0.6) is 0 Å². The molecule has 1 aromatic heterocycles. The molecule has 7 nitrogen and oxygen atoms in total. The van der Waals surface area contributed by atoms with Crippen LogP contribution < -0.4 is 10.2 Å². The van der Waals surface area contributed by atoms with E-state index in [1.54, 1.807) is 0 Å². The topological polar surface area (TPSA) is 71.7 Å². The zero-order valence-corrected chi connectivity index (χ0v) is 16.4. The Morgan fingerprint density at radius 1 is 1.11 bits per heavy atom. The van der Waals surface area contributed by atoms with Gasteiger partial charge in [-0.1, -0.05) is 43.9 Å². The van der Waals surface area contributed by atoms with Gasteiger partial charge in [-0.3, -0.25) is 4.79 Å². The molecule has 1 atom stereocenters. The van der Waals surface area contributed by atoms with Gasteiger partial charge in [-0.2, -0.15) is 5.10 Å². The summed E-state index contributed by atoms with van der Waals surface area (Å²) in [4.78, 5) is 28.0. The first kappa shape index (κ1) is 18.7. The number of hydrogen-bond donors (Lipinski definition) is 2. The number of amides is 3. The highest BCUT2D eigenvalue weighted by atomic mass is 16.2. The van der Waals surface area contributed by atoms with E-state index in [1.807, 2.05) is 54.5 Å². The maximum absolute atomic E-state index is 13.0. The molecule has 2 heterocycles. The highest BCUT2D eigenvalue weighted by Crippen LogP contribution is 2.32. The molecular formula is C21H28N5O2+. The number of urea groups is 1. The van der Waals surface area contributed by atoms with Crippen molar-refractivity contribution < 1.29 is 14.5 Å². The number of benzene rings is 1.